The molecule has 0 aliphatic rings. The normalized spacial score (nSPS) is 10.2. The SMILES string of the molecule is O=C(COc1ccc(Cl)cc1)NCC(=O)Nc1ccccc1Cc1ccccc1. The summed E-state index contributed by atoms with van der Waals surface area (Å²) in [6.45, 7) is -0.317. The molecule has 0 saturated carbocycles. The first-order chi connectivity index (χ1) is 14.1. The average Bonchev–Trinajstić information content (AvgIpc) is 2.74. The van der Waals surface area contributed by atoms with Gasteiger partial charge in [-0.2, -0.15) is 0 Å². The smallest absolute Gasteiger partial charge is 0.258 e. The minimum atomic E-state index is -0.382. The Kier molecular flexibility index (Phi) is 7.25. The lowest BCUT2D eigenvalue weighted by Crippen LogP contribution is -2.35. The monoisotopic (exact) mass is 408 g/mol. The molecule has 0 aliphatic heterocycles. The Hall–Kier alpha value is -3.31. The number of hydrogen-bond donors (Lipinski definition) is 2. The molecule has 0 saturated heterocycles. The van der Waals surface area contributed by atoms with Crippen LogP contribution < -0.4 is 15.4 Å². The van der Waals surface area contributed by atoms with Crippen molar-refractivity contribution in [3.63, 3.8) is 0 Å². The fourth-order valence-corrected chi connectivity index (χ4v) is 2.84. The van der Waals surface area contributed by atoms with Crippen LogP contribution in [0.3, 0.4) is 0 Å². The van der Waals surface area contributed by atoms with Crippen LogP contribution in [-0.4, -0.2) is 25.0 Å². The van der Waals surface area contributed by atoms with Crippen LogP contribution in [0.2, 0.25) is 5.02 Å². The average molecular weight is 409 g/mol. The van der Waals surface area contributed by atoms with Crippen LogP contribution in [0.4, 0.5) is 5.69 Å². The minimum Gasteiger partial charge on any atom is -0.484 e. The second-order valence-electron chi connectivity index (χ2n) is 6.39. The molecular formula is C23H21ClN2O3. The number of nitrogens with one attached hydrogen (secondary N) is 2. The molecule has 0 bridgehead atoms. The van der Waals surface area contributed by atoms with Crippen molar-refractivity contribution in [1.82, 2.24) is 5.32 Å². The number of amides is 2. The molecule has 148 valence electrons. The van der Waals surface area contributed by atoms with Gasteiger partial charge in [0.2, 0.25) is 5.91 Å². The van der Waals surface area contributed by atoms with Crippen LogP contribution in [0, 0.1) is 0 Å². The van der Waals surface area contributed by atoms with Gasteiger partial charge in [0.05, 0.1) is 6.54 Å². The van der Waals surface area contributed by atoms with E-state index in [1.165, 1.54) is 0 Å². The van der Waals surface area contributed by atoms with Crippen molar-refractivity contribution in [2.24, 2.45) is 0 Å². The fourth-order valence-electron chi connectivity index (χ4n) is 2.72. The van der Waals surface area contributed by atoms with Crippen molar-refractivity contribution in [2.45, 2.75) is 6.42 Å². The Labute approximate surface area is 174 Å². The first-order valence-corrected chi connectivity index (χ1v) is 9.55. The molecule has 6 heteroatoms. The second-order valence-corrected chi connectivity index (χ2v) is 6.82. The topological polar surface area (TPSA) is 67.4 Å². The van der Waals surface area contributed by atoms with Crippen LogP contribution in [0.5, 0.6) is 5.75 Å². The van der Waals surface area contributed by atoms with Crippen molar-refractivity contribution in [1.29, 1.82) is 0 Å². The Balaban J connectivity index is 1.48. The summed E-state index contributed by atoms with van der Waals surface area (Å²) >= 11 is 5.80. The standard InChI is InChI=1S/C23H21ClN2O3/c24-19-10-12-20(13-11-19)29-16-23(28)25-15-22(27)26-21-9-5-4-8-18(21)14-17-6-2-1-3-7-17/h1-13H,14-16H2,(H,25,28)(H,26,27). The van der Waals surface area contributed by atoms with Crippen LogP contribution in [0.15, 0.2) is 78.9 Å². The van der Waals surface area contributed by atoms with Crippen molar-refractivity contribution in [2.75, 3.05) is 18.5 Å². The van der Waals surface area contributed by atoms with Gasteiger partial charge in [0.25, 0.3) is 5.91 Å². The summed E-state index contributed by atoms with van der Waals surface area (Å²) in [7, 11) is 0. The summed E-state index contributed by atoms with van der Waals surface area (Å²) in [5.41, 5.74) is 2.89. The zero-order valence-electron chi connectivity index (χ0n) is 15.7. The lowest BCUT2D eigenvalue weighted by molar-refractivity contribution is -0.125. The van der Waals surface area contributed by atoms with Crippen molar-refractivity contribution >= 4 is 29.1 Å². The molecule has 3 aromatic rings. The Bertz CT molecular complexity index is 959. The van der Waals surface area contributed by atoms with Gasteiger partial charge in [-0.15, -0.1) is 0 Å². The Morgan fingerprint density at radius 1 is 0.828 bits per heavy atom. The molecule has 0 unspecified atom stereocenters. The molecule has 0 aliphatic carbocycles. The predicted octanol–water partition coefficient (Wildman–Crippen LogP) is 4.06. The largest absolute Gasteiger partial charge is 0.484 e. The maximum absolute atomic E-state index is 12.3. The molecule has 0 fully saturated rings. The molecule has 3 rings (SSSR count). The number of para-hydroxylation sites is 1. The van der Waals surface area contributed by atoms with Gasteiger partial charge >= 0.3 is 0 Å². The van der Waals surface area contributed by atoms with Crippen LogP contribution in [-0.2, 0) is 16.0 Å². The fraction of sp³-hybridized carbons (Fsp3) is 0.130. The second kappa shape index (κ2) is 10.3. The zero-order valence-corrected chi connectivity index (χ0v) is 16.5. The lowest BCUT2D eigenvalue weighted by Gasteiger charge is -2.12. The first-order valence-electron chi connectivity index (χ1n) is 9.17. The van der Waals surface area contributed by atoms with Crippen LogP contribution in [0.25, 0.3) is 0 Å². The van der Waals surface area contributed by atoms with E-state index >= 15 is 0 Å². The number of ether oxygens (including phenoxy) is 1. The molecule has 3 aromatic carbocycles. The zero-order chi connectivity index (χ0) is 20.5. The Morgan fingerprint density at radius 3 is 2.28 bits per heavy atom. The third-order valence-corrected chi connectivity index (χ3v) is 4.41. The summed E-state index contributed by atoms with van der Waals surface area (Å²) in [6.07, 6.45) is 0.707. The molecule has 2 amide bonds. The molecule has 0 atom stereocenters. The van der Waals surface area contributed by atoms with Gasteiger partial charge in [-0.05, 0) is 47.9 Å². The van der Waals surface area contributed by atoms with E-state index in [0.29, 0.717) is 17.2 Å². The van der Waals surface area contributed by atoms with Gasteiger partial charge in [-0.25, -0.2) is 0 Å². The molecule has 0 radical (unpaired) electrons. The minimum absolute atomic E-state index is 0.136. The number of anilines is 1. The van der Waals surface area contributed by atoms with Crippen molar-refractivity contribution in [3.8, 4) is 5.75 Å². The highest BCUT2D eigenvalue weighted by atomic mass is 35.5. The van der Waals surface area contributed by atoms with Gasteiger partial charge in [0.15, 0.2) is 6.61 Å². The van der Waals surface area contributed by atoms with E-state index < -0.39 is 0 Å². The number of benzene rings is 3. The molecule has 0 aromatic heterocycles. The van der Waals surface area contributed by atoms with E-state index in [1.54, 1.807) is 24.3 Å². The third kappa shape index (κ3) is 6.66. The van der Waals surface area contributed by atoms with Gasteiger partial charge < -0.3 is 15.4 Å². The van der Waals surface area contributed by atoms with Gasteiger partial charge in [-0.3, -0.25) is 9.59 Å². The lowest BCUT2D eigenvalue weighted by atomic mass is 10.0. The summed E-state index contributed by atoms with van der Waals surface area (Å²) in [6, 6.07) is 24.3. The first kappa shape index (κ1) is 20.4. The van der Waals surface area contributed by atoms with Gasteiger partial charge in [-0.1, -0.05) is 60.1 Å². The number of carbonyl (C=O) groups is 2. The van der Waals surface area contributed by atoms with E-state index in [2.05, 4.69) is 10.6 Å². The third-order valence-electron chi connectivity index (χ3n) is 4.16. The number of halogens is 1. The van der Waals surface area contributed by atoms with E-state index in [1.807, 2.05) is 54.6 Å². The Morgan fingerprint density at radius 2 is 1.52 bits per heavy atom. The van der Waals surface area contributed by atoms with Crippen LogP contribution in [0.1, 0.15) is 11.1 Å². The van der Waals surface area contributed by atoms with Crippen LogP contribution >= 0.6 is 11.6 Å². The summed E-state index contributed by atoms with van der Waals surface area (Å²) < 4.78 is 5.36. The highest BCUT2D eigenvalue weighted by Gasteiger charge is 2.09. The van der Waals surface area contributed by atoms with Gasteiger partial charge in [0.1, 0.15) is 5.75 Å². The number of rotatable bonds is 8. The van der Waals surface area contributed by atoms with E-state index in [-0.39, 0.29) is 25.0 Å². The quantitative estimate of drug-likeness (QED) is 0.590. The highest BCUT2D eigenvalue weighted by Crippen LogP contribution is 2.19. The molecule has 0 spiro atoms. The molecule has 0 heterocycles. The molecule has 5 nitrogen and oxygen atoms in total. The van der Waals surface area contributed by atoms with Crippen molar-refractivity contribution < 1.29 is 14.3 Å². The van der Waals surface area contributed by atoms with Crippen molar-refractivity contribution in [3.05, 3.63) is 95.0 Å². The molecule has 29 heavy (non-hydrogen) atoms. The molecule has 2 N–H and O–H groups in total. The predicted molar refractivity (Wildman–Crippen MR) is 114 cm³/mol. The van der Waals surface area contributed by atoms with E-state index in [4.69, 9.17) is 16.3 Å². The molecular weight excluding hydrogens is 388 g/mol. The maximum Gasteiger partial charge on any atom is 0.258 e. The summed E-state index contributed by atoms with van der Waals surface area (Å²) in [5, 5.41) is 6.00. The number of hydrogen-bond acceptors (Lipinski definition) is 3. The number of carbonyl (C=O) groups excluding carboxylic acids is 2. The summed E-state index contributed by atoms with van der Waals surface area (Å²) in [4.78, 5) is 24.2. The maximum atomic E-state index is 12.3. The van der Waals surface area contributed by atoms with Gasteiger partial charge in [0, 0.05) is 10.7 Å². The van der Waals surface area contributed by atoms with E-state index in [0.717, 1.165) is 16.8 Å². The summed E-state index contributed by atoms with van der Waals surface area (Å²) in [5.74, 6) is -0.151. The highest BCUT2D eigenvalue weighted by molar-refractivity contribution is 6.30. The van der Waals surface area contributed by atoms with E-state index in [9.17, 15) is 9.59 Å².